The number of carbonyl (C=O) groups is 2. The number of ether oxygens (including phenoxy) is 1. The number of benzene rings is 1. The molecule has 124 valence electrons. The number of amides is 2. The lowest BCUT2D eigenvalue weighted by atomic mass is 10.1. The second-order valence-corrected chi connectivity index (χ2v) is 6.17. The van der Waals surface area contributed by atoms with Gasteiger partial charge in [-0.1, -0.05) is 12.1 Å². The average Bonchev–Trinajstić information content (AvgIpc) is 3.06. The van der Waals surface area contributed by atoms with Crippen LogP contribution in [-0.4, -0.2) is 36.4 Å². The second kappa shape index (κ2) is 5.79. The van der Waals surface area contributed by atoms with Crippen molar-refractivity contribution in [2.75, 3.05) is 13.1 Å². The number of carbonyl (C=O) groups excluding carboxylic acids is 2. The molecule has 0 aromatic heterocycles. The number of nitrogens with zero attached hydrogens (tertiary/aromatic N) is 1. The molecule has 2 amide bonds. The maximum absolute atomic E-state index is 12.4. The molecular weight excluding hydrogens is 306 g/mol. The SMILES string of the molecule is CC(=O)N1CC2CC2(C(=O)NCc2cccc(OC(F)F)c2)C1. The first-order chi connectivity index (χ1) is 10.9. The fourth-order valence-electron chi connectivity index (χ4n) is 3.26. The van der Waals surface area contributed by atoms with Gasteiger partial charge in [0.2, 0.25) is 11.8 Å². The van der Waals surface area contributed by atoms with Crippen LogP contribution < -0.4 is 10.1 Å². The Morgan fingerprint density at radius 1 is 1.48 bits per heavy atom. The van der Waals surface area contributed by atoms with Gasteiger partial charge < -0.3 is 15.0 Å². The summed E-state index contributed by atoms with van der Waals surface area (Å²) in [5.41, 5.74) is 0.231. The third kappa shape index (κ3) is 3.13. The summed E-state index contributed by atoms with van der Waals surface area (Å²) in [6.45, 7) is -0.0195. The zero-order valence-electron chi connectivity index (χ0n) is 12.7. The molecule has 2 aliphatic rings. The standard InChI is InChI=1S/C16H18F2N2O3/c1-10(21)20-8-12-6-16(12,9-20)14(22)19-7-11-3-2-4-13(5-11)23-15(17)18/h2-5,12,15H,6-9H2,1H3,(H,19,22). The van der Waals surface area contributed by atoms with Crippen LogP contribution in [-0.2, 0) is 16.1 Å². The molecule has 1 heterocycles. The smallest absolute Gasteiger partial charge is 0.387 e. The van der Waals surface area contributed by atoms with Crippen LogP contribution in [0.2, 0.25) is 0 Å². The molecule has 0 radical (unpaired) electrons. The predicted octanol–water partition coefficient (Wildman–Crippen LogP) is 1.77. The summed E-state index contributed by atoms with van der Waals surface area (Å²) in [4.78, 5) is 25.5. The molecule has 23 heavy (non-hydrogen) atoms. The summed E-state index contributed by atoms with van der Waals surface area (Å²) in [5.74, 6) is 0.213. The lowest BCUT2D eigenvalue weighted by Crippen LogP contribution is -2.37. The first kappa shape index (κ1) is 15.7. The summed E-state index contributed by atoms with van der Waals surface area (Å²) in [6.07, 6.45) is 0.803. The summed E-state index contributed by atoms with van der Waals surface area (Å²) >= 11 is 0. The topological polar surface area (TPSA) is 58.6 Å². The lowest BCUT2D eigenvalue weighted by Gasteiger charge is -2.19. The zero-order chi connectivity index (χ0) is 16.6. The van der Waals surface area contributed by atoms with Crippen LogP contribution in [0.15, 0.2) is 24.3 Å². The van der Waals surface area contributed by atoms with Crippen molar-refractivity contribution in [1.29, 1.82) is 0 Å². The van der Waals surface area contributed by atoms with Crippen LogP contribution >= 0.6 is 0 Å². The van der Waals surface area contributed by atoms with E-state index >= 15 is 0 Å². The van der Waals surface area contributed by atoms with Gasteiger partial charge >= 0.3 is 6.61 Å². The van der Waals surface area contributed by atoms with Crippen LogP contribution in [0.3, 0.4) is 0 Å². The Bertz CT molecular complexity index is 638. The van der Waals surface area contributed by atoms with Crippen molar-refractivity contribution in [3.8, 4) is 5.75 Å². The van der Waals surface area contributed by atoms with Gasteiger partial charge in [-0.15, -0.1) is 0 Å². The highest BCUT2D eigenvalue weighted by Gasteiger charge is 2.65. The highest BCUT2D eigenvalue weighted by molar-refractivity contribution is 5.88. The van der Waals surface area contributed by atoms with Crippen molar-refractivity contribution in [1.82, 2.24) is 10.2 Å². The summed E-state index contributed by atoms with van der Waals surface area (Å²) in [7, 11) is 0. The monoisotopic (exact) mass is 324 g/mol. The van der Waals surface area contributed by atoms with E-state index in [2.05, 4.69) is 10.1 Å². The largest absolute Gasteiger partial charge is 0.435 e. The molecule has 3 rings (SSSR count). The third-order valence-electron chi connectivity index (χ3n) is 4.62. The molecule has 0 spiro atoms. The highest BCUT2D eigenvalue weighted by atomic mass is 19.3. The molecule has 1 saturated carbocycles. The molecule has 2 fully saturated rings. The van der Waals surface area contributed by atoms with E-state index in [0.717, 1.165) is 6.42 Å². The third-order valence-corrected chi connectivity index (χ3v) is 4.62. The van der Waals surface area contributed by atoms with Gasteiger partial charge in [0.15, 0.2) is 0 Å². The molecule has 2 atom stereocenters. The molecule has 2 unspecified atom stereocenters. The van der Waals surface area contributed by atoms with E-state index in [1.54, 1.807) is 17.0 Å². The number of rotatable bonds is 5. The van der Waals surface area contributed by atoms with Gasteiger partial charge in [-0.2, -0.15) is 8.78 Å². The lowest BCUT2D eigenvalue weighted by molar-refractivity contribution is -0.130. The molecule has 1 aliphatic heterocycles. The van der Waals surface area contributed by atoms with E-state index in [0.29, 0.717) is 18.7 Å². The molecule has 1 aromatic carbocycles. The van der Waals surface area contributed by atoms with E-state index in [1.165, 1.54) is 19.1 Å². The maximum Gasteiger partial charge on any atom is 0.387 e. The second-order valence-electron chi connectivity index (χ2n) is 6.17. The van der Waals surface area contributed by atoms with Gasteiger partial charge in [0, 0.05) is 26.6 Å². The van der Waals surface area contributed by atoms with Crippen molar-refractivity contribution >= 4 is 11.8 Å². The van der Waals surface area contributed by atoms with Crippen molar-refractivity contribution < 1.29 is 23.1 Å². The van der Waals surface area contributed by atoms with Crippen molar-refractivity contribution in [2.24, 2.45) is 11.3 Å². The highest BCUT2D eigenvalue weighted by Crippen LogP contribution is 2.57. The Labute approximate surface area is 132 Å². The molecule has 5 nitrogen and oxygen atoms in total. The van der Waals surface area contributed by atoms with Crippen molar-refractivity contribution in [3.63, 3.8) is 0 Å². The minimum Gasteiger partial charge on any atom is -0.435 e. The number of halogens is 2. The Morgan fingerprint density at radius 3 is 2.91 bits per heavy atom. The van der Waals surface area contributed by atoms with Crippen LogP contribution in [0.1, 0.15) is 18.9 Å². The van der Waals surface area contributed by atoms with Gasteiger partial charge in [-0.25, -0.2) is 0 Å². The number of alkyl halides is 2. The number of nitrogens with one attached hydrogen (secondary N) is 1. The average molecular weight is 324 g/mol. The van der Waals surface area contributed by atoms with Crippen LogP contribution in [0.5, 0.6) is 5.75 Å². The Balaban J connectivity index is 1.57. The van der Waals surface area contributed by atoms with Gasteiger partial charge in [-0.3, -0.25) is 9.59 Å². The number of likely N-dealkylation sites (tertiary alicyclic amines) is 1. The normalized spacial score (nSPS) is 25.2. The van der Waals surface area contributed by atoms with Crippen molar-refractivity contribution in [3.05, 3.63) is 29.8 Å². The maximum atomic E-state index is 12.4. The van der Waals surface area contributed by atoms with Gasteiger partial charge in [0.25, 0.3) is 0 Å². The van der Waals surface area contributed by atoms with Gasteiger partial charge in [0.1, 0.15) is 5.75 Å². The number of fused-ring (bicyclic) bond motifs is 1. The van der Waals surface area contributed by atoms with Crippen LogP contribution in [0.4, 0.5) is 8.78 Å². The van der Waals surface area contributed by atoms with Gasteiger partial charge in [0.05, 0.1) is 5.41 Å². The number of hydrogen-bond acceptors (Lipinski definition) is 3. The summed E-state index contributed by atoms with van der Waals surface area (Å²) < 4.78 is 28.7. The molecule has 1 saturated heterocycles. The fourth-order valence-corrected chi connectivity index (χ4v) is 3.26. The van der Waals surface area contributed by atoms with E-state index in [9.17, 15) is 18.4 Å². The molecule has 1 aliphatic carbocycles. The van der Waals surface area contributed by atoms with E-state index in [-0.39, 0.29) is 30.0 Å². The number of piperidine rings is 1. The van der Waals surface area contributed by atoms with E-state index < -0.39 is 12.0 Å². The van der Waals surface area contributed by atoms with Crippen molar-refractivity contribution in [2.45, 2.75) is 26.5 Å². The Hall–Kier alpha value is -2.18. The Morgan fingerprint density at radius 2 is 2.26 bits per heavy atom. The zero-order valence-corrected chi connectivity index (χ0v) is 12.7. The molecule has 7 heteroatoms. The van der Waals surface area contributed by atoms with E-state index in [1.807, 2.05) is 0 Å². The molecule has 0 bridgehead atoms. The van der Waals surface area contributed by atoms with Crippen LogP contribution in [0, 0.1) is 11.3 Å². The molecule has 1 aromatic rings. The minimum atomic E-state index is -2.87. The minimum absolute atomic E-state index is 0.0128. The first-order valence-electron chi connectivity index (χ1n) is 7.48. The summed E-state index contributed by atoms with van der Waals surface area (Å²) in [5, 5.41) is 2.84. The molecule has 1 N–H and O–H groups in total. The van der Waals surface area contributed by atoms with E-state index in [4.69, 9.17) is 0 Å². The summed E-state index contributed by atoms with van der Waals surface area (Å²) in [6, 6.07) is 6.25. The molecular formula is C16H18F2N2O3. The number of hydrogen-bond donors (Lipinski definition) is 1. The fraction of sp³-hybridized carbons (Fsp3) is 0.500. The Kier molecular flexibility index (Phi) is 3.95. The van der Waals surface area contributed by atoms with Gasteiger partial charge in [-0.05, 0) is 30.0 Å². The first-order valence-corrected chi connectivity index (χ1v) is 7.48. The van der Waals surface area contributed by atoms with Crippen LogP contribution in [0.25, 0.3) is 0 Å². The quantitative estimate of drug-likeness (QED) is 0.898. The predicted molar refractivity (Wildman–Crippen MR) is 77.7 cm³/mol.